The lowest BCUT2D eigenvalue weighted by Gasteiger charge is -2.25. The summed E-state index contributed by atoms with van der Waals surface area (Å²) in [4.78, 5) is 25.8. The first-order valence-electron chi connectivity index (χ1n) is 9.36. The highest BCUT2D eigenvalue weighted by Crippen LogP contribution is 2.27. The van der Waals surface area contributed by atoms with Crippen molar-refractivity contribution < 1.29 is 14.3 Å². The molecule has 0 radical (unpaired) electrons. The third kappa shape index (κ3) is 7.12. The van der Waals surface area contributed by atoms with Crippen LogP contribution in [-0.4, -0.2) is 35.0 Å². The molecule has 0 bridgehead atoms. The quantitative estimate of drug-likeness (QED) is 0.556. The number of carbonyl (C=O) groups excluding carboxylic acids is 2. The van der Waals surface area contributed by atoms with Gasteiger partial charge in [0.15, 0.2) is 5.11 Å². The maximum Gasteiger partial charge on any atom is 0.307 e. The fraction of sp³-hybridized carbons (Fsp3) is 0.550. The Balaban J connectivity index is 1.92. The molecule has 6 heteroatoms. The molecule has 0 atom stereocenters. The van der Waals surface area contributed by atoms with Gasteiger partial charge in [-0.25, -0.2) is 0 Å². The van der Waals surface area contributed by atoms with E-state index in [2.05, 4.69) is 5.32 Å². The molecule has 142 valence electrons. The van der Waals surface area contributed by atoms with Crippen molar-refractivity contribution in [3.8, 4) is 0 Å². The van der Waals surface area contributed by atoms with E-state index in [9.17, 15) is 9.59 Å². The smallest absolute Gasteiger partial charge is 0.307 e. The zero-order chi connectivity index (χ0) is 18.8. The van der Waals surface area contributed by atoms with Gasteiger partial charge in [-0.2, -0.15) is 0 Å². The van der Waals surface area contributed by atoms with E-state index in [1.54, 1.807) is 6.92 Å². The van der Waals surface area contributed by atoms with Crippen LogP contribution in [0, 0.1) is 5.92 Å². The standard InChI is InChI=1S/C20H28N2O3S/c1-2-25-19(24)12-13-22(15-17-10-4-3-5-11-17)20(26)21-18(23)14-16-8-6-7-9-16/h3-5,10-11,16H,2,6-9,12-15H2,1H3,(H,21,23,26). The van der Waals surface area contributed by atoms with Gasteiger partial charge in [0.2, 0.25) is 5.91 Å². The zero-order valence-electron chi connectivity index (χ0n) is 15.4. The van der Waals surface area contributed by atoms with Gasteiger partial charge in [-0.15, -0.1) is 0 Å². The largest absolute Gasteiger partial charge is 0.466 e. The summed E-state index contributed by atoms with van der Waals surface area (Å²) in [6.45, 7) is 3.10. The minimum atomic E-state index is -0.259. The maximum atomic E-state index is 12.3. The number of thiocarbonyl (C=S) groups is 1. The number of hydrogen-bond acceptors (Lipinski definition) is 4. The van der Waals surface area contributed by atoms with Crippen molar-refractivity contribution in [1.82, 2.24) is 10.2 Å². The van der Waals surface area contributed by atoms with Crippen molar-refractivity contribution in [3.05, 3.63) is 35.9 Å². The molecule has 1 aromatic carbocycles. The molecule has 1 saturated carbocycles. The summed E-state index contributed by atoms with van der Waals surface area (Å²) in [5.74, 6) is 0.182. The van der Waals surface area contributed by atoms with Crippen LogP contribution < -0.4 is 5.32 Å². The van der Waals surface area contributed by atoms with Crippen molar-refractivity contribution in [3.63, 3.8) is 0 Å². The SMILES string of the molecule is CCOC(=O)CCN(Cc1ccccc1)C(=S)NC(=O)CC1CCCC1. The van der Waals surface area contributed by atoms with E-state index >= 15 is 0 Å². The predicted molar refractivity (Wildman–Crippen MR) is 105 cm³/mol. The van der Waals surface area contributed by atoms with Gasteiger partial charge < -0.3 is 15.0 Å². The highest BCUT2D eigenvalue weighted by Gasteiger charge is 2.20. The fourth-order valence-electron chi connectivity index (χ4n) is 3.24. The van der Waals surface area contributed by atoms with Gasteiger partial charge in [-0.05, 0) is 43.5 Å². The van der Waals surface area contributed by atoms with E-state index in [4.69, 9.17) is 17.0 Å². The van der Waals surface area contributed by atoms with Crippen molar-refractivity contribution in [2.75, 3.05) is 13.2 Å². The lowest BCUT2D eigenvalue weighted by atomic mass is 10.0. The van der Waals surface area contributed by atoms with Crippen LogP contribution in [0.5, 0.6) is 0 Å². The molecule has 5 nitrogen and oxygen atoms in total. The lowest BCUT2D eigenvalue weighted by Crippen LogP contribution is -2.43. The van der Waals surface area contributed by atoms with Crippen LogP contribution in [0.15, 0.2) is 30.3 Å². The Morgan fingerprint density at radius 2 is 1.92 bits per heavy atom. The van der Waals surface area contributed by atoms with Crippen molar-refractivity contribution in [2.45, 2.75) is 52.0 Å². The topological polar surface area (TPSA) is 58.6 Å². The van der Waals surface area contributed by atoms with Crippen LogP contribution in [0.1, 0.15) is 51.0 Å². The summed E-state index contributed by atoms with van der Waals surface area (Å²) < 4.78 is 5.00. The number of carbonyl (C=O) groups is 2. The third-order valence-electron chi connectivity index (χ3n) is 4.59. The van der Waals surface area contributed by atoms with Gasteiger partial charge in [0.25, 0.3) is 0 Å². The molecule has 0 aromatic heterocycles. The second-order valence-corrected chi connectivity index (χ2v) is 7.06. The molecule has 1 aliphatic carbocycles. The maximum absolute atomic E-state index is 12.3. The van der Waals surface area contributed by atoms with Crippen LogP contribution in [-0.2, 0) is 20.9 Å². The van der Waals surface area contributed by atoms with Gasteiger partial charge in [-0.3, -0.25) is 9.59 Å². The average molecular weight is 377 g/mol. The average Bonchev–Trinajstić information content (AvgIpc) is 3.12. The summed E-state index contributed by atoms with van der Waals surface area (Å²) in [6.07, 6.45) is 5.42. The molecule has 1 aromatic rings. The van der Waals surface area contributed by atoms with E-state index < -0.39 is 0 Å². The third-order valence-corrected chi connectivity index (χ3v) is 4.95. The minimum absolute atomic E-state index is 0.0314. The number of amides is 1. The molecule has 0 aliphatic heterocycles. The summed E-state index contributed by atoms with van der Waals surface area (Å²) in [7, 11) is 0. The Hall–Kier alpha value is -1.95. The number of benzene rings is 1. The molecule has 2 rings (SSSR count). The second kappa shape index (κ2) is 10.9. The van der Waals surface area contributed by atoms with E-state index in [-0.39, 0.29) is 18.3 Å². The lowest BCUT2D eigenvalue weighted by molar-refractivity contribution is -0.143. The first-order valence-corrected chi connectivity index (χ1v) is 9.77. The van der Waals surface area contributed by atoms with E-state index in [0.29, 0.717) is 37.1 Å². The Bertz CT molecular complexity index is 600. The first-order chi connectivity index (χ1) is 12.6. The Morgan fingerprint density at radius 1 is 1.23 bits per heavy atom. The van der Waals surface area contributed by atoms with Crippen LogP contribution in [0.25, 0.3) is 0 Å². The van der Waals surface area contributed by atoms with Crippen LogP contribution in [0.4, 0.5) is 0 Å². The molecule has 0 unspecified atom stereocenters. The number of ether oxygens (including phenoxy) is 1. The second-order valence-electron chi connectivity index (χ2n) is 6.67. The summed E-state index contributed by atoms with van der Waals surface area (Å²) in [6, 6.07) is 9.87. The molecular weight excluding hydrogens is 348 g/mol. The van der Waals surface area contributed by atoms with Gasteiger partial charge in [0.1, 0.15) is 0 Å². The Kier molecular flexibility index (Phi) is 8.54. The van der Waals surface area contributed by atoms with Gasteiger partial charge in [0, 0.05) is 19.5 Å². The summed E-state index contributed by atoms with van der Waals surface area (Å²) in [5.41, 5.74) is 1.07. The molecule has 0 saturated heterocycles. The van der Waals surface area contributed by atoms with Crippen LogP contribution in [0.2, 0.25) is 0 Å². The zero-order valence-corrected chi connectivity index (χ0v) is 16.2. The normalized spacial score (nSPS) is 14.0. The Labute approximate surface area is 161 Å². The molecule has 1 fully saturated rings. The molecule has 1 aliphatic rings. The minimum Gasteiger partial charge on any atom is -0.466 e. The molecule has 0 heterocycles. The van der Waals surface area contributed by atoms with Gasteiger partial charge >= 0.3 is 5.97 Å². The number of hydrogen-bond donors (Lipinski definition) is 1. The molecular formula is C20H28N2O3S. The fourth-order valence-corrected chi connectivity index (χ4v) is 3.51. The van der Waals surface area contributed by atoms with Crippen molar-refractivity contribution >= 4 is 29.2 Å². The number of nitrogens with one attached hydrogen (secondary N) is 1. The molecule has 1 amide bonds. The monoisotopic (exact) mass is 376 g/mol. The number of nitrogens with zero attached hydrogens (tertiary/aromatic N) is 1. The first kappa shape index (κ1) is 20.4. The number of esters is 1. The van der Waals surface area contributed by atoms with Crippen LogP contribution >= 0.6 is 12.2 Å². The van der Waals surface area contributed by atoms with E-state index in [1.807, 2.05) is 35.2 Å². The summed E-state index contributed by atoms with van der Waals surface area (Å²) >= 11 is 5.45. The van der Waals surface area contributed by atoms with Crippen molar-refractivity contribution in [1.29, 1.82) is 0 Å². The van der Waals surface area contributed by atoms with Crippen LogP contribution in [0.3, 0.4) is 0 Å². The highest BCUT2D eigenvalue weighted by molar-refractivity contribution is 7.80. The molecule has 0 spiro atoms. The predicted octanol–water partition coefficient (Wildman–Crippen LogP) is 3.42. The van der Waals surface area contributed by atoms with E-state index in [1.165, 1.54) is 12.8 Å². The van der Waals surface area contributed by atoms with Gasteiger partial charge in [-0.1, -0.05) is 43.2 Å². The van der Waals surface area contributed by atoms with Gasteiger partial charge in [0.05, 0.1) is 13.0 Å². The number of rotatable bonds is 8. The van der Waals surface area contributed by atoms with Crippen molar-refractivity contribution in [2.24, 2.45) is 5.92 Å². The molecule has 26 heavy (non-hydrogen) atoms. The molecule has 1 N–H and O–H groups in total. The Morgan fingerprint density at radius 3 is 2.58 bits per heavy atom. The highest BCUT2D eigenvalue weighted by atomic mass is 32.1. The summed E-state index contributed by atoms with van der Waals surface area (Å²) in [5, 5.41) is 3.23. The van der Waals surface area contributed by atoms with E-state index in [0.717, 1.165) is 18.4 Å².